The first-order valence-electron chi connectivity index (χ1n) is 30.1. The van der Waals surface area contributed by atoms with Gasteiger partial charge in [-0.3, -0.25) is 48.4 Å². The lowest BCUT2D eigenvalue weighted by molar-refractivity contribution is -0.155. The number of hydrogen-bond donors (Lipinski definition) is 10. The summed E-state index contributed by atoms with van der Waals surface area (Å²) in [5.74, 6) is -12.7. The van der Waals surface area contributed by atoms with Crippen molar-refractivity contribution in [1.82, 2.24) is 19.6 Å². The van der Waals surface area contributed by atoms with E-state index in [9.17, 15) is 74.0 Å². The van der Waals surface area contributed by atoms with Crippen LogP contribution in [-0.2, 0) is 54.7 Å². The van der Waals surface area contributed by atoms with Crippen molar-refractivity contribution in [3.05, 3.63) is 134 Å². The molecule has 8 aliphatic rings. The second kappa shape index (κ2) is 23.6. The number of carbonyl (C=O) groups is 6. The van der Waals surface area contributed by atoms with Crippen molar-refractivity contribution >= 4 is 46.5 Å². The summed E-state index contributed by atoms with van der Waals surface area (Å²) in [5, 5.41) is 90.7. The van der Waals surface area contributed by atoms with E-state index in [4.69, 9.17) is 16.2 Å². The Balaban J connectivity index is 0.000000184. The molecule has 6 aliphatic carbocycles. The van der Waals surface area contributed by atoms with Gasteiger partial charge in [-0.25, -0.2) is 4.39 Å². The second-order valence-corrected chi connectivity index (χ2v) is 25.4. The fourth-order valence-corrected chi connectivity index (χ4v) is 15.6. The van der Waals surface area contributed by atoms with Gasteiger partial charge in [0.05, 0.1) is 30.3 Å². The van der Waals surface area contributed by atoms with Crippen LogP contribution >= 0.6 is 0 Å². The molecule has 0 spiro atoms. The summed E-state index contributed by atoms with van der Waals surface area (Å²) in [6.07, 6.45) is 4.23. The van der Waals surface area contributed by atoms with E-state index in [-0.39, 0.29) is 59.5 Å². The van der Waals surface area contributed by atoms with E-state index in [1.807, 2.05) is 36.4 Å². The molecule has 2 amide bonds. The van der Waals surface area contributed by atoms with E-state index in [1.54, 1.807) is 47.4 Å². The van der Waals surface area contributed by atoms with Crippen molar-refractivity contribution in [3.63, 3.8) is 0 Å². The average Bonchev–Trinajstić information content (AvgIpc) is 0.749. The number of nitrogens with zero attached hydrogens (tertiary/aromatic N) is 4. The van der Waals surface area contributed by atoms with Gasteiger partial charge in [-0.1, -0.05) is 42.8 Å². The molecule has 2 aliphatic heterocycles. The summed E-state index contributed by atoms with van der Waals surface area (Å²) in [6.45, 7) is 4.73. The SMILES string of the molecule is CN(C)[C@@H]1C(=O)C(C(N)=O)=C(O)[C@@]2(O)C(=O)C3=C(O)c4c(O)ccc(-c5cccc(CN6CCC(F)CC6)c5)c4C[C@H]3C[C@@H]12.COc1ccc(-c2ccc(O)c3c2C[C@H]2C[C@H]4[C@H](N(C)C)C(=O)C(C(N)=O)=C(O)[C@@]4(O)C(=O)C2=C3O)cc1CN1CCCCC1. The van der Waals surface area contributed by atoms with Crippen molar-refractivity contribution in [1.29, 1.82) is 0 Å². The van der Waals surface area contributed by atoms with Crippen LogP contribution < -0.4 is 16.2 Å². The normalized spacial score (nSPS) is 27.3. The predicted octanol–water partition coefficient (Wildman–Crippen LogP) is 5.19. The number of alkyl halides is 1. The molecule has 2 saturated carbocycles. The molecule has 2 saturated heterocycles. The molecular formula is C67H75FN6O15. The number of piperidine rings is 2. The molecule has 8 atom stereocenters. The van der Waals surface area contributed by atoms with E-state index >= 15 is 0 Å². The fourth-order valence-electron chi connectivity index (χ4n) is 15.6. The highest BCUT2D eigenvalue weighted by Crippen LogP contribution is 2.56. The number of aromatic hydroxyl groups is 2. The van der Waals surface area contributed by atoms with Crippen molar-refractivity contribution in [3.8, 4) is 39.5 Å². The van der Waals surface area contributed by atoms with Gasteiger partial charge in [-0.05, 0) is 174 Å². The van der Waals surface area contributed by atoms with E-state index < -0.39 is 122 Å². The van der Waals surface area contributed by atoms with Crippen LogP contribution in [0.2, 0.25) is 0 Å². The average molecular weight is 1220 g/mol. The quantitative estimate of drug-likeness (QED) is 0.0864. The molecule has 4 aromatic rings. The molecule has 0 unspecified atom stereocenters. The number of aliphatic hydroxyl groups excluding tert-OH is 4. The van der Waals surface area contributed by atoms with Crippen LogP contribution in [0, 0.1) is 23.7 Å². The highest BCUT2D eigenvalue weighted by Gasteiger charge is 2.66. The van der Waals surface area contributed by atoms with Gasteiger partial charge in [0.15, 0.2) is 22.8 Å². The van der Waals surface area contributed by atoms with Gasteiger partial charge >= 0.3 is 0 Å². The van der Waals surface area contributed by atoms with Gasteiger partial charge < -0.3 is 57.1 Å². The molecule has 0 bridgehead atoms. The smallest absolute Gasteiger partial charge is 0.255 e. The minimum atomic E-state index is -2.68. The molecule has 21 nitrogen and oxygen atoms in total. The number of halogens is 1. The topological polar surface area (TPSA) is 338 Å². The summed E-state index contributed by atoms with van der Waals surface area (Å²) in [4.78, 5) is 86.8. The molecule has 12 rings (SSSR count). The monoisotopic (exact) mass is 1220 g/mol. The number of phenols is 2. The Labute approximate surface area is 513 Å². The van der Waals surface area contributed by atoms with Crippen molar-refractivity contribution < 1.29 is 78.7 Å². The number of likely N-dealkylation sites (N-methyl/N-ethyl adjacent to an activating group) is 2. The molecule has 0 radical (unpaired) electrons. The van der Waals surface area contributed by atoms with Crippen LogP contribution in [0.4, 0.5) is 4.39 Å². The number of ketones is 4. The zero-order chi connectivity index (χ0) is 64.0. The largest absolute Gasteiger partial charge is 0.508 e. The number of methoxy groups -OCH3 is 1. The van der Waals surface area contributed by atoms with E-state index in [2.05, 4.69) is 15.9 Å². The number of amides is 2. The molecule has 22 heteroatoms. The minimum Gasteiger partial charge on any atom is -0.508 e. The van der Waals surface area contributed by atoms with Crippen molar-refractivity contribution in [2.45, 2.75) is 100 Å². The van der Waals surface area contributed by atoms with Crippen LogP contribution in [0.5, 0.6) is 17.2 Å². The molecule has 12 N–H and O–H groups in total. The number of rotatable bonds is 11. The summed E-state index contributed by atoms with van der Waals surface area (Å²) in [7, 11) is 7.93. The van der Waals surface area contributed by atoms with Gasteiger partial charge in [0, 0.05) is 54.7 Å². The Bertz CT molecular complexity index is 3800. The van der Waals surface area contributed by atoms with Gasteiger partial charge in [0.25, 0.3) is 11.8 Å². The van der Waals surface area contributed by atoms with Crippen LogP contribution in [0.3, 0.4) is 0 Å². The highest BCUT2D eigenvalue weighted by molar-refractivity contribution is 6.25. The van der Waals surface area contributed by atoms with Crippen LogP contribution in [0.25, 0.3) is 33.8 Å². The Morgan fingerprint density at radius 2 is 1.08 bits per heavy atom. The molecular weight excluding hydrogens is 1150 g/mol. The minimum absolute atomic E-state index is 0.0193. The first kappa shape index (κ1) is 62.4. The number of Topliss-reactive ketones (excluding diaryl/α,β-unsaturated/α-hetero) is 4. The Morgan fingerprint density at radius 1 is 0.618 bits per heavy atom. The number of phenolic OH excluding ortho intramolecular Hbond substituents is 2. The summed E-state index contributed by atoms with van der Waals surface area (Å²) in [5.41, 5.74) is 9.97. The lowest BCUT2D eigenvalue weighted by Gasteiger charge is -2.50. The molecule has 2 heterocycles. The number of primary amides is 2. The zero-order valence-corrected chi connectivity index (χ0v) is 50.3. The van der Waals surface area contributed by atoms with Crippen molar-refractivity contribution in [2.24, 2.45) is 35.1 Å². The zero-order valence-electron chi connectivity index (χ0n) is 50.3. The summed E-state index contributed by atoms with van der Waals surface area (Å²) < 4.78 is 19.3. The lowest BCUT2D eigenvalue weighted by Crippen LogP contribution is -2.65. The third kappa shape index (κ3) is 10.3. The van der Waals surface area contributed by atoms with Gasteiger partial charge in [0.2, 0.25) is 11.6 Å². The third-order valence-corrected chi connectivity index (χ3v) is 19.8. The van der Waals surface area contributed by atoms with E-state index in [0.717, 1.165) is 65.1 Å². The van der Waals surface area contributed by atoms with Gasteiger partial charge in [-0.15, -0.1) is 0 Å². The second-order valence-electron chi connectivity index (χ2n) is 25.4. The Morgan fingerprint density at radius 3 is 1.53 bits per heavy atom. The number of carbonyl (C=O) groups excluding carboxylic acids is 6. The lowest BCUT2D eigenvalue weighted by atomic mass is 9.57. The molecule has 470 valence electrons. The highest BCUT2D eigenvalue weighted by atomic mass is 19.1. The number of benzene rings is 4. The number of nitrogens with two attached hydrogens (primary N) is 2. The van der Waals surface area contributed by atoms with Gasteiger partial charge in [0.1, 0.15) is 57.6 Å². The van der Waals surface area contributed by atoms with E-state index in [0.29, 0.717) is 50.1 Å². The fraction of sp³-hybridized carbons (Fsp3) is 0.433. The maximum atomic E-state index is 14.1. The van der Waals surface area contributed by atoms with E-state index in [1.165, 1.54) is 28.4 Å². The molecule has 4 fully saturated rings. The number of aliphatic hydroxyl groups is 6. The molecule has 4 aromatic carbocycles. The number of likely N-dealkylation sites (tertiary alicyclic amines) is 2. The maximum Gasteiger partial charge on any atom is 0.255 e. The van der Waals surface area contributed by atoms with Gasteiger partial charge in [-0.2, -0.15) is 0 Å². The summed E-state index contributed by atoms with van der Waals surface area (Å²) in [6, 6.07) is 17.9. The molecule has 0 aromatic heterocycles. The Hall–Kier alpha value is -8.25. The van der Waals surface area contributed by atoms with Crippen LogP contribution in [0.1, 0.15) is 78.3 Å². The summed E-state index contributed by atoms with van der Waals surface area (Å²) >= 11 is 0. The molecule has 89 heavy (non-hydrogen) atoms. The first-order chi connectivity index (χ1) is 42.2. The third-order valence-electron chi connectivity index (χ3n) is 19.8. The first-order valence-corrected chi connectivity index (χ1v) is 30.1. The maximum absolute atomic E-state index is 14.1. The standard InChI is InChI=1S/C34H39N3O8.C33H36FN3O7/c1-36(2)28-22-15-18-14-21-20(17-7-10-24(45-3)19(13-17)16-37-11-5-4-6-12-37)8-9-23(38)26(21)29(39)25(18)31(41)34(22,44)32(42)27(30(28)40)33(35)43;1-36(2)27-22-14-18-13-21-20(17-5-3-4-16(12-17)15-37-10-8-19(34)9-11-37)6-7-23(38)25(21)28(39)24(18)30(41)33(22,44)31(42)26(29(27)40)32(35)43/h7-10,13,18,22,28,38-39,42,44H,4-6,11-12,14-16H2,1-3H3,(H2,35,43);3-7,12,18-19,22,27,38-39,42,44H,8-11,13-15H2,1-2H3,(H2,35,43)/t18-,22-,28-,34-;18-,22-,27-,33-/m00/s1. The number of fused-ring (bicyclic) bond motifs is 6. The van der Waals surface area contributed by atoms with Crippen molar-refractivity contribution in [2.75, 3.05) is 61.5 Å². The van der Waals surface area contributed by atoms with Crippen LogP contribution in [-0.4, -0.2) is 186 Å². The number of ether oxygens (including phenoxy) is 1. The predicted molar refractivity (Wildman–Crippen MR) is 324 cm³/mol. The Kier molecular flexibility index (Phi) is 16.5. The number of hydrogen-bond acceptors (Lipinski definition) is 19. The van der Waals surface area contributed by atoms with Crippen LogP contribution in [0.15, 0.2) is 101 Å².